The molecule has 2 aliphatic carbocycles. The van der Waals surface area contributed by atoms with Crippen molar-refractivity contribution >= 4 is 11.7 Å². The summed E-state index contributed by atoms with van der Waals surface area (Å²) in [6.45, 7) is 10.4. The van der Waals surface area contributed by atoms with Gasteiger partial charge in [-0.05, 0) is 48.7 Å². The summed E-state index contributed by atoms with van der Waals surface area (Å²) in [5.74, 6) is 0.124. The molecule has 2 N–H and O–H groups in total. The van der Waals surface area contributed by atoms with E-state index in [9.17, 15) is 20.0 Å². The van der Waals surface area contributed by atoms with E-state index in [1.165, 1.54) is 17.7 Å². The van der Waals surface area contributed by atoms with Gasteiger partial charge < -0.3 is 15.2 Å². The number of allylic oxidation sites excluding steroid dienone is 2. The maximum Gasteiger partial charge on any atom is 0.338 e. The van der Waals surface area contributed by atoms with Crippen molar-refractivity contribution in [1.82, 2.24) is 5.32 Å². The molecule has 0 amide bonds. The molecule has 0 spiro atoms. The van der Waals surface area contributed by atoms with Crippen LogP contribution >= 0.6 is 0 Å². The van der Waals surface area contributed by atoms with Crippen molar-refractivity contribution in [1.29, 1.82) is 0 Å². The van der Waals surface area contributed by atoms with Crippen molar-refractivity contribution in [3.8, 4) is 0 Å². The lowest BCUT2D eigenvalue weighted by Crippen LogP contribution is -2.58. The fraction of sp³-hybridized carbons (Fsp3) is 0.519. The summed E-state index contributed by atoms with van der Waals surface area (Å²) in [7, 11) is 0. The van der Waals surface area contributed by atoms with Crippen molar-refractivity contribution in [2.45, 2.75) is 52.2 Å². The van der Waals surface area contributed by atoms with E-state index in [1.54, 1.807) is 18.2 Å². The number of benzene rings is 1. The molecule has 182 valence electrons. The van der Waals surface area contributed by atoms with Gasteiger partial charge in [0.1, 0.15) is 6.61 Å². The van der Waals surface area contributed by atoms with E-state index in [4.69, 9.17) is 4.74 Å². The van der Waals surface area contributed by atoms with Crippen LogP contribution < -0.4 is 5.32 Å². The Labute approximate surface area is 200 Å². The van der Waals surface area contributed by atoms with Gasteiger partial charge in [0.25, 0.3) is 5.69 Å². The summed E-state index contributed by atoms with van der Waals surface area (Å²) < 4.78 is 5.03. The van der Waals surface area contributed by atoms with Crippen LogP contribution in [0.15, 0.2) is 60.2 Å². The topological polar surface area (TPSA) is 102 Å². The average Bonchev–Trinajstić information content (AvgIpc) is 3.21. The van der Waals surface area contributed by atoms with E-state index in [1.807, 2.05) is 6.08 Å². The number of hydrogen-bond donors (Lipinski definition) is 2. The minimum Gasteiger partial charge on any atom is -0.458 e. The summed E-state index contributed by atoms with van der Waals surface area (Å²) in [6, 6.07) is 6.57. The molecule has 0 saturated heterocycles. The predicted octanol–water partition coefficient (Wildman–Crippen LogP) is 4.47. The highest BCUT2D eigenvalue weighted by atomic mass is 16.6. The fourth-order valence-electron chi connectivity index (χ4n) is 6.44. The molecule has 0 radical (unpaired) electrons. The van der Waals surface area contributed by atoms with Crippen molar-refractivity contribution in [2.24, 2.45) is 22.7 Å². The summed E-state index contributed by atoms with van der Waals surface area (Å²) in [5.41, 5.74) is 2.43. The van der Waals surface area contributed by atoms with Crippen LogP contribution in [0.25, 0.3) is 0 Å². The van der Waals surface area contributed by atoms with Crippen LogP contribution in [-0.2, 0) is 16.1 Å². The molecular formula is C27H34N2O5. The maximum atomic E-state index is 11.9. The number of ether oxygens (including phenoxy) is 1. The SMILES string of the molecule is C=C1CC[C@@H]2[C@](C)(CNCc3ccc([N+](=O)[O-])cc3)[C@H](O)CC[C@@]2(C)[C@@H]1/C=C/C1=CCOC1=O. The summed E-state index contributed by atoms with van der Waals surface area (Å²) in [5, 5.41) is 25.5. The van der Waals surface area contributed by atoms with E-state index in [2.05, 4.69) is 31.8 Å². The van der Waals surface area contributed by atoms with Gasteiger partial charge >= 0.3 is 5.97 Å². The highest BCUT2D eigenvalue weighted by molar-refractivity contribution is 5.93. The van der Waals surface area contributed by atoms with Gasteiger partial charge in [-0.2, -0.15) is 0 Å². The van der Waals surface area contributed by atoms with Gasteiger partial charge in [0, 0.05) is 36.6 Å². The average molecular weight is 467 g/mol. The molecule has 0 bridgehead atoms. The second-order valence-electron chi connectivity index (χ2n) is 10.4. The number of carbonyl (C=O) groups excluding carboxylic acids is 1. The van der Waals surface area contributed by atoms with Crippen LogP contribution in [0.2, 0.25) is 0 Å². The Balaban J connectivity index is 1.50. The summed E-state index contributed by atoms with van der Waals surface area (Å²) >= 11 is 0. The number of nitro benzene ring substituents is 1. The summed E-state index contributed by atoms with van der Waals surface area (Å²) in [6.07, 6.45) is 8.86. The van der Waals surface area contributed by atoms with E-state index in [0.29, 0.717) is 31.7 Å². The quantitative estimate of drug-likeness (QED) is 0.266. The Morgan fingerprint density at radius 1 is 1.29 bits per heavy atom. The second kappa shape index (κ2) is 9.47. The van der Waals surface area contributed by atoms with Gasteiger partial charge in [-0.15, -0.1) is 0 Å². The highest BCUT2D eigenvalue weighted by Crippen LogP contribution is 2.61. The number of non-ortho nitro benzene ring substituents is 1. The zero-order valence-corrected chi connectivity index (χ0v) is 20.0. The molecule has 1 aromatic rings. The molecule has 0 unspecified atom stereocenters. The number of carbonyl (C=O) groups is 1. The fourth-order valence-corrected chi connectivity index (χ4v) is 6.44. The van der Waals surface area contributed by atoms with Crippen molar-refractivity contribution in [3.63, 3.8) is 0 Å². The Bertz CT molecular complexity index is 1030. The van der Waals surface area contributed by atoms with Crippen molar-refractivity contribution in [2.75, 3.05) is 13.2 Å². The first-order valence-electron chi connectivity index (χ1n) is 12.0. The third-order valence-corrected chi connectivity index (χ3v) is 8.42. The predicted molar refractivity (Wildman–Crippen MR) is 130 cm³/mol. The van der Waals surface area contributed by atoms with E-state index in [0.717, 1.165) is 24.8 Å². The first-order chi connectivity index (χ1) is 16.1. The lowest BCUT2D eigenvalue weighted by molar-refractivity contribution is -0.384. The zero-order chi connectivity index (χ0) is 24.5. The molecule has 3 aliphatic rings. The number of nitrogens with one attached hydrogen (secondary N) is 1. The number of fused-ring (bicyclic) bond motifs is 1. The lowest BCUT2D eigenvalue weighted by atomic mass is 9.46. The third kappa shape index (κ3) is 4.46. The smallest absolute Gasteiger partial charge is 0.338 e. The number of cyclic esters (lactones) is 1. The van der Waals surface area contributed by atoms with Crippen molar-refractivity contribution in [3.05, 3.63) is 75.9 Å². The van der Waals surface area contributed by atoms with Gasteiger partial charge in [-0.3, -0.25) is 10.1 Å². The van der Waals surface area contributed by atoms with Crippen molar-refractivity contribution < 1.29 is 19.6 Å². The summed E-state index contributed by atoms with van der Waals surface area (Å²) in [4.78, 5) is 22.4. The molecule has 2 saturated carbocycles. The number of aliphatic hydroxyl groups is 1. The molecule has 2 fully saturated rings. The van der Waals surface area contributed by atoms with Crippen LogP contribution in [0.4, 0.5) is 5.69 Å². The molecule has 7 nitrogen and oxygen atoms in total. The number of nitro groups is 1. The number of nitrogens with zero attached hydrogens (tertiary/aromatic N) is 1. The van der Waals surface area contributed by atoms with E-state index < -0.39 is 11.0 Å². The second-order valence-corrected chi connectivity index (χ2v) is 10.4. The molecule has 34 heavy (non-hydrogen) atoms. The van der Waals surface area contributed by atoms with Crippen LogP contribution in [0.5, 0.6) is 0 Å². The van der Waals surface area contributed by atoms with Gasteiger partial charge in [0.2, 0.25) is 0 Å². The standard InChI is InChI=1S/C27H34N2O5/c1-18-4-11-23-26(2,22(18)10-7-20-13-15-34-25(20)31)14-12-24(30)27(23,3)17-28-16-19-5-8-21(9-6-19)29(32)33/h5-10,13,22-24,28,30H,1,4,11-12,14-17H2,2-3H3/b10-7+/t22-,23+,24-,26+,27+/m1/s1. The van der Waals surface area contributed by atoms with Crippen LogP contribution in [0.1, 0.15) is 45.1 Å². The van der Waals surface area contributed by atoms with Gasteiger partial charge in [-0.1, -0.05) is 50.3 Å². The van der Waals surface area contributed by atoms with Gasteiger partial charge in [0.05, 0.1) is 16.6 Å². The maximum absolute atomic E-state index is 11.9. The Hall–Kier alpha value is -2.77. The largest absolute Gasteiger partial charge is 0.458 e. The molecule has 0 aromatic heterocycles. The van der Waals surface area contributed by atoms with Crippen LogP contribution in [-0.4, -0.2) is 35.3 Å². The first kappa shape index (κ1) is 24.4. The third-order valence-electron chi connectivity index (χ3n) is 8.42. The monoisotopic (exact) mass is 466 g/mol. The van der Waals surface area contributed by atoms with Gasteiger partial charge in [-0.25, -0.2) is 4.79 Å². The van der Waals surface area contributed by atoms with Crippen LogP contribution in [0, 0.1) is 32.8 Å². The number of aliphatic hydroxyl groups excluding tert-OH is 1. The number of esters is 1. The number of hydrogen-bond acceptors (Lipinski definition) is 6. The Kier molecular flexibility index (Phi) is 6.78. The normalized spacial score (nSPS) is 33.5. The molecule has 4 rings (SSSR count). The number of rotatable bonds is 7. The minimum atomic E-state index is -0.418. The lowest BCUT2D eigenvalue weighted by Gasteiger charge is -2.60. The van der Waals surface area contributed by atoms with E-state index in [-0.39, 0.29) is 34.3 Å². The molecule has 1 aliphatic heterocycles. The minimum absolute atomic E-state index is 0.0715. The molecule has 1 heterocycles. The molecular weight excluding hydrogens is 432 g/mol. The first-order valence-corrected chi connectivity index (χ1v) is 12.0. The Morgan fingerprint density at radius 2 is 2.03 bits per heavy atom. The van der Waals surface area contributed by atoms with Gasteiger partial charge in [0.15, 0.2) is 0 Å². The Morgan fingerprint density at radius 3 is 2.68 bits per heavy atom. The van der Waals surface area contributed by atoms with Crippen LogP contribution in [0.3, 0.4) is 0 Å². The molecule has 5 atom stereocenters. The molecule has 1 aromatic carbocycles. The highest BCUT2D eigenvalue weighted by Gasteiger charge is 2.57. The van der Waals surface area contributed by atoms with E-state index >= 15 is 0 Å². The molecule has 7 heteroatoms. The zero-order valence-electron chi connectivity index (χ0n) is 20.0.